The number of benzene rings is 2. The fraction of sp³-hybridized carbons (Fsp3) is 0.150. The lowest BCUT2D eigenvalue weighted by atomic mass is 10.1. The summed E-state index contributed by atoms with van der Waals surface area (Å²) in [5.41, 5.74) is 3.68. The molecule has 0 saturated heterocycles. The molecule has 0 radical (unpaired) electrons. The third kappa shape index (κ3) is 3.66. The Hall–Kier alpha value is -3.21. The van der Waals surface area contributed by atoms with E-state index >= 15 is 0 Å². The highest BCUT2D eigenvalue weighted by atomic mass is 16.5. The van der Waals surface area contributed by atoms with E-state index in [-0.39, 0.29) is 5.75 Å². The summed E-state index contributed by atoms with van der Waals surface area (Å²) in [6.45, 7) is 1.99. The van der Waals surface area contributed by atoms with Crippen LogP contribution >= 0.6 is 0 Å². The number of phenols is 1. The van der Waals surface area contributed by atoms with E-state index in [0.29, 0.717) is 11.5 Å². The maximum absolute atomic E-state index is 9.42. The first-order chi connectivity index (χ1) is 12.1. The molecule has 2 N–H and O–H groups in total. The molecule has 0 bridgehead atoms. The van der Waals surface area contributed by atoms with Gasteiger partial charge in [0.1, 0.15) is 11.6 Å². The van der Waals surface area contributed by atoms with Crippen LogP contribution in [0.25, 0.3) is 11.3 Å². The van der Waals surface area contributed by atoms with E-state index in [0.717, 1.165) is 28.3 Å². The van der Waals surface area contributed by atoms with Gasteiger partial charge < -0.3 is 19.9 Å². The second-order valence-electron chi connectivity index (χ2n) is 5.60. The van der Waals surface area contributed by atoms with E-state index in [2.05, 4.69) is 10.3 Å². The molecule has 5 heteroatoms. The molecule has 25 heavy (non-hydrogen) atoms. The van der Waals surface area contributed by atoms with Gasteiger partial charge in [-0.3, -0.25) is 0 Å². The number of rotatable bonds is 5. The molecule has 0 aliphatic carbocycles. The van der Waals surface area contributed by atoms with Gasteiger partial charge >= 0.3 is 0 Å². The van der Waals surface area contributed by atoms with Crippen LogP contribution in [-0.4, -0.2) is 24.3 Å². The number of pyridine rings is 1. The Bertz CT molecular complexity index is 877. The highest BCUT2D eigenvalue weighted by Crippen LogP contribution is 2.34. The first kappa shape index (κ1) is 16.6. The van der Waals surface area contributed by atoms with E-state index in [4.69, 9.17) is 9.47 Å². The summed E-state index contributed by atoms with van der Waals surface area (Å²) in [5.74, 6) is 2.31. The molecule has 5 nitrogen and oxygen atoms in total. The molecule has 0 unspecified atom stereocenters. The standard InChI is InChI=1S/C20H20N2O3/c1-13-11-18(24-2)19(25-3)12-17(13)22-20-6-4-5-16(21-20)14-7-9-15(23)10-8-14/h4-12,23H,1-3H3,(H,21,22). The van der Waals surface area contributed by atoms with Crippen LogP contribution in [0.15, 0.2) is 54.6 Å². The summed E-state index contributed by atoms with van der Waals surface area (Å²) in [7, 11) is 3.23. The molecular formula is C20H20N2O3. The van der Waals surface area contributed by atoms with Crippen molar-refractivity contribution < 1.29 is 14.6 Å². The van der Waals surface area contributed by atoms with Gasteiger partial charge in [0.15, 0.2) is 11.5 Å². The van der Waals surface area contributed by atoms with Gasteiger partial charge in [-0.15, -0.1) is 0 Å². The highest BCUT2D eigenvalue weighted by Gasteiger charge is 2.09. The first-order valence-corrected chi connectivity index (χ1v) is 7.87. The molecule has 0 atom stereocenters. The third-order valence-corrected chi connectivity index (χ3v) is 3.91. The van der Waals surface area contributed by atoms with Crippen LogP contribution in [0.5, 0.6) is 17.2 Å². The van der Waals surface area contributed by atoms with Crippen molar-refractivity contribution in [3.63, 3.8) is 0 Å². The molecule has 0 fully saturated rings. The molecule has 2 aromatic carbocycles. The van der Waals surface area contributed by atoms with Gasteiger partial charge in [0, 0.05) is 17.3 Å². The Kier molecular flexibility index (Phi) is 4.75. The summed E-state index contributed by atoms with van der Waals surface area (Å²) in [6.07, 6.45) is 0. The SMILES string of the molecule is COc1cc(C)c(Nc2cccc(-c3ccc(O)cc3)n2)cc1OC. The van der Waals surface area contributed by atoms with Crippen molar-refractivity contribution in [2.24, 2.45) is 0 Å². The van der Waals surface area contributed by atoms with E-state index in [1.807, 2.05) is 49.4 Å². The lowest BCUT2D eigenvalue weighted by Gasteiger charge is -2.14. The molecule has 0 aliphatic rings. The topological polar surface area (TPSA) is 63.6 Å². The lowest BCUT2D eigenvalue weighted by Crippen LogP contribution is -1.99. The zero-order valence-electron chi connectivity index (χ0n) is 14.4. The van der Waals surface area contributed by atoms with Crippen LogP contribution in [0.1, 0.15) is 5.56 Å². The molecule has 0 aliphatic heterocycles. The number of hydrogen-bond donors (Lipinski definition) is 2. The van der Waals surface area contributed by atoms with Gasteiger partial charge in [-0.1, -0.05) is 6.07 Å². The largest absolute Gasteiger partial charge is 0.508 e. The van der Waals surface area contributed by atoms with E-state index in [1.165, 1.54) is 0 Å². The summed E-state index contributed by atoms with van der Waals surface area (Å²) >= 11 is 0. The van der Waals surface area contributed by atoms with Gasteiger partial charge in [0.05, 0.1) is 19.9 Å². The maximum Gasteiger partial charge on any atom is 0.162 e. The highest BCUT2D eigenvalue weighted by molar-refractivity contribution is 5.68. The van der Waals surface area contributed by atoms with Crippen LogP contribution in [0.2, 0.25) is 0 Å². The van der Waals surface area contributed by atoms with Crippen LogP contribution in [0, 0.1) is 6.92 Å². The Balaban J connectivity index is 1.91. The number of nitrogens with zero attached hydrogens (tertiary/aromatic N) is 1. The maximum atomic E-state index is 9.42. The van der Waals surface area contributed by atoms with E-state index < -0.39 is 0 Å². The summed E-state index contributed by atoms with van der Waals surface area (Å²) in [4.78, 5) is 4.64. The number of aromatic nitrogens is 1. The van der Waals surface area contributed by atoms with Crippen LogP contribution < -0.4 is 14.8 Å². The number of aromatic hydroxyl groups is 1. The lowest BCUT2D eigenvalue weighted by molar-refractivity contribution is 0.355. The van der Waals surface area contributed by atoms with Gasteiger partial charge in [0.25, 0.3) is 0 Å². The molecule has 3 rings (SSSR count). The Labute approximate surface area is 146 Å². The number of anilines is 2. The fourth-order valence-corrected chi connectivity index (χ4v) is 2.55. The molecule has 1 heterocycles. The molecule has 0 saturated carbocycles. The molecular weight excluding hydrogens is 316 g/mol. The minimum atomic E-state index is 0.235. The van der Waals surface area contributed by atoms with Crippen molar-refractivity contribution in [3.05, 3.63) is 60.2 Å². The zero-order chi connectivity index (χ0) is 17.8. The average molecular weight is 336 g/mol. The molecule has 3 aromatic rings. The van der Waals surface area contributed by atoms with Crippen LogP contribution in [0.3, 0.4) is 0 Å². The second kappa shape index (κ2) is 7.13. The monoisotopic (exact) mass is 336 g/mol. The quantitative estimate of drug-likeness (QED) is 0.717. The number of nitrogens with one attached hydrogen (secondary N) is 1. The number of aryl methyl sites for hydroxylation is 1. The Morgan fingerprint density at radius 1 is 0.920 bits per heavy atom. The van der Waals surface area contributed by atoms with Gasteiger partial charge in [-0.05, 0) is 55.0 Å². The van der Waals surface area contributed by atoms with E-state index in [1.54, 1.807) is 26.4 Å². The number of methoxy groups -OCH3 is 2. The van der Waals surface area contributed by atoms with Crippen molar-refractivity contribution in [1.29, 1.82) is 0 Å². The minimum absolute atomic E-state index is 0.235. The second-order valence-corrected chi connectivity index (χ2v) is 5.60. The molecule has 0 spiro atoms. The average Bonchev–Trinajstić information content (AvgIpc) is 2.64. The van der Waals surface area contributed by atoms with Crippen LogP contribution in [0.4, 0.5) is 11.5 Å². The molecule has 0 amide bonds. The number of ether oxygens (including phenoxy) is 2. The van der Waals surface area contributed by atoms with Crippen molar-refractivity contribution in [1.82, 2.24) is 4.98 Å². The summed E-state index contributed by atoms with van der Waals surface area (Å²) < 4.78 is 10.7. The van der Waals surface area contributed by atoms with E-state index in [9.17, 15) is 5.11 Å². The van der Waals surface area contributed by atoms with Crippen molar-refractivity contribution in [2.75, 3.05) is 19.5 Å². The van der Waals surface area contributed by atoms with Gasteiger partial charge in [0.2, 0.25) is 0 Å². The third-order valence-electron chi connectivity index (χ3n) is 3.91. The van der Waals surface area contributed by atoms with Gasteiger partial charge in [-0.2, -0.15) is 0 Å². The Morgan fingerprint density at radius 3 is 2.28 bits per heavy atom. The van der Waals surface area contributed by atoms with Crippen molar-refractivity contribution in [2.45, 2.75) is 6.92 Å². The Morgan fingerprint density at radius 2 is 1.60 bits per heavy atom. The molecule has 1 aromatic heterocycles. The first-order valence-electron chi connectivity index (χ1n) is 7.87. The van der Waals surface area contributed by atoms with Crippen molar-refractivity contribution in [3.8, 4) is 28.5 Å². The van der Waals surface area contributed by atoms with Crippen molar-refractivity contribution >= 4 is 11.5 Å². The summed E-state index contributed by atoms with van der Waals surface area (Å²) in [5, 5.41) is 12.7. The number of phenolic OH excluding ortho intramolecular Hbond substituents is 1. The predicted octanol–water partition coefficient (Wildman–Crippen LogP) is 4.52. The fourth-order valence-electron chi connectivity index (χ4n) is 2.55. The summed E-state index contributed by atoms with van der Waals surface area (Å²) in [6, 6.07) is 16.6. The predicted molar refractivity (Wildman–Crippen MR) is 98.9 cm³/mol. The van der Waals surface area contributed by atoms with Crippen LogP contribution in [-0.2, 0) is 0 Å². The number of hydrogen-bond acceptors (Lipinski definition) is 5. The zero-order valence-corrected chi connectivity index (χ0v) is 14.4. The van der Waals surface area contributed by atoms with Gasteiger partial charge in [-0.25, -0.2) is 4.98 Å². The normalized spacial score (nSPS) is 10.4. The molecule has 128 valence electrons. The minimum Gasteiger partial charge on any atom is -0.508 e. The smallest absolute Gasteiger partial charge is 0.162 e.